The van der Waals surface area contributed by atoms with Gasteiger partial charge in [-0.2, -0.15) is 4.31 Å². The monoisotopic (exact) mass is 542 g/mol. The Morgan fingerprint density at radius 1 is 0.912 bits per heavy atom. The first-order valence-corrected chi connectivity index (χ1v) is 13.3. The first-order chi connectivity index (χ1) is 16.4. The molecule has 0 saturated carbocycles. The highest BCUT2D eigenvalue weighted by Crippen LogP contribution is 2.42. The Labute approximate surface area is 206 Å². The molecule has 0 aromatic heterocycles. The van der Waals surface area contributed by atoms with Crippen LogP contribution >= 0.6 is 15.9 Å². The third kappa shape index (κ3) is 4.55. The minimum absolute atomic E-state index is 0.0548. The molecular formula is C25H23BrN2O5S. The van der Waals surface area contributed by atoms with Gasteiger partial charge in [0.25, 0.3) is 5.91 Å². The summed E-state index contributed by atoms with van der Waals surface area (Å²) in [6, 6.07) is 17.0. The topological polar surface area (TPSA) is 84.9 Å². The van der Waals surface area contributed by atoms with Crippen LogP contribution in [0, 0.1) is 0 Å². The summed E-state index contributed by atoms with van der Waals surface area (Å²) in [5.41, 5.74) is 0.642. The van der Waals surface area contributed by atoms with E-state index in [4.69, 9.17) is 9.47 Å². The summed E-state index contributed by atoms with van der Waals surface area (Å²) >= 11 is 3.39. The van der Waals surface area contributed by atoms with E-state index in [1.165, 1.54) is 16.4 Å². The number of fused-ring (bicyclic) bond motifs is 2. The van der Waals surface area contributed by atoms with Crippen LogP contribution in [0.4, 0.5) is 5.69 Å². The second kappa shape index (κ2) is 9.40. The number of anilines is 1. The first-order valence-electron chi connectivity index (χ1n) is 11.1. The van der Waals surface area contributed by atoms with Gasteiger partial charge < -0.3 is 14.8 Å². The predicted molar refractivity (Wildman–Crippen MR) is 132 cm³/mol. The third-order valence-corrected chi connectivity index (χ3v) is 8.32. The first kappa shape index (κ1) is 22.9. The minimum atomic E-state index is -3.92. The van der Waals surface area contributed by atoms with Crippen molar-refractivity contribution < 1.29 is 22.7 Å². The zero-order valence-corrected chi connectivity index (χ0v) is 20.7. The second-order valence-electron chi connectivity index (χ2n) is 8.22. The van der Waals surface area contributed by atoms with Crippen molar-refractivity contribution in [2.75, 3.05) is 18.4 Å². The number of amides is 1. The number of para-hydroxylation sites is 2. The molecule has 1 fully saturated rings. The van der Waals surface area contributed by atoms with Gasteiger partial charge in [-0.15, -0.1) is 0 Å². The number of ether oxygens (including phenoxy) is 2. The molecule has 1 N–H and O–H groups in total. The quantitative estimate of drug-likeness (QED) is 0.426. The van der Waals surface area contributed by atoms with Crippen molar-refractivity contribution in [2.24, 2.45) is 0 Å². The maximum atomic E-state index is 13.8. The highest BCUT2D eigenvalue weighted by molar-refractivity contribution is 9.10. The Bertz CT molecular complexity index is 1330. The summed E-state index contributed by atoms with van der Waals surface area (Å²) in [4.78, 5) is 13.0. The van der Waals surface area contributed by atoms with Gasteiger partial charge in [0.05, 0.1) is 11.3 Å². The average Bonchev–Trinajstić information content (AvgIpc) is 3.18. The highest BCUT2D eigenvalue weighted by atomic mass is 79.9. The van der Waals surface area contributed by atoms with Crippen molar-refractivity contribution >= 4 is 37.5 Å². The molecule has 0 radical (unpaired) electrons. The fourth-order valence-electron chi connectivity index (χ4n) is 4.10. The van der Waals surface area contributed by atoms with Crippen LogP contribution in [0.5, 0.6) is 23.0 Å². The molecule has 2 aliphatic rings. The van der Waals surface area contributed by atoms with E-state index in [2.05, 4.69) is 21.2 Å². The summed E-state index contributed by atoms with van der Waals surface area (Å²) in [5.74, 6) is 0.825. The van der Waals surface area contributed by atoms with Crippen LogP contribution < -0.4 is 14.8 Å². The molecule has 3 aromatic carbocycles. The van der Waals surface area contributed by atoms with E-state index in [0.29, 0.717) is 30.3 Å². The van der Waals surface area contributed by atoms with Crippen molar-refractivity contribution in [1.82, 2.24) is 4.31 Å². The number of rotatable bonds is 4. The van der Waals surface area contributed by atoms with E-state index in [-0.39, 0.29) is 22.0 Å². The number of nitrogens with one attached hydrogen (secondary N) is 1. The van der Waals surface area contributed by atoms with E-state index in [0.717, 1.165) is 30.2 Å². The number of carbonyl (C=O) groups is 1. The van der Waals surface area contributed by atoms with Gasteiger partial charge in [0.1, 0.15) is 16.4 Å². The van der Waals surface area contributed by atoms with E-state index >= 15 is 0 Å². The fraction of sp³-hybridized carbons (Fsp3) is 0.240. The van der Waals surface area contributed by atoms with Gasteiger partial charge in [-0.1, -0.05) is 40.9 Å². The maximum absolute atomic E-state index is 13.8. The van der Waals surface area contributed by atoms with E-state index in [1.807, 2.05) is 12.1 Å². The summed E-state index contributed by atoms with van der Waals surface area (Å²) in [7, 11) is -3.92. The van der Waals surface area contributed by atoms with Crippen LogP contribution in [-0.4, -0.2) is 31.7 Å². The Morgan fingerprint density at radius 3 is 2.35 bits per heavy atom. The van der Waals surface area contributed by atoms with Crippen molar-refractivity contribution in [2.45, 2.75) is 30.6 Å². The Kier molecular flexibility index (Phi) is 6.33. The van der Waals surface area contributed by atoms with Crippen LogP contribution in [0.25, 0.3) is 0 Å². The lowest BCUT2D eigenvalue weighted by molar-refractivity contribution is 0.102. The number of sulfonamides is 1. The van der Waals surface area contributed by atoms with Crippen molar-refractivity contribution in [3.8, 4) is 23.0 Å². The van der Waals surface area contributed by atoms with Gasteiger partial charge in [-0.05, 0) is 55.3 Å². The SMILES string of the molecule is O=C1Nc2ccccc2Oc2cc(Oc3ccc(Br)cc3)c(S(=O)(=O)N3CCCCCC3)cc21. The smallest absolute Gasteiger partial charge is 0.259 e. The molecule has 5 rings (SSSR count). The Hall–Kier alpha value is -2.88. The summed E-state index contributed by atoms with van der Waals surface area (Å²) < 4.78 is 42.0. The van der Waals surface area contributed by atoms with E-state index in [9.17, 15) is 13.2 Å². The van der Waals surface area contributed by atoms with Crippen LogP contribution in [-0.2, 0) is 10.0 Å². The lowest BCUT2D eigenvalue weighted by atomic mass is 10.1. The standard InChI is InChI=1S/C25H23BrN2O5S/c26-17-9-11-18(12-10-17)32-23-16-22-19(25(29)27-20-7-3-4-8-21(20)33-22)15-24(23)34(30,31)28-13-5-1-2-6-14-28/h3-4,7-12,15-16H,1-2,5-6,13-14H2,(H,27,29). The van der Waals surface area contributed by atoms with Gasteiger partial charge in [0, 0.05) is 23.6 Å². The van der Waals surface area contributed by atoms with Crippen molar-refractivity contribution in [3.63, 3.8) is 0 Å². The van der Waals surface area contributed by atoms with Crippen LogP contribution in [0.1, 0.15) is 36.0 Å². The lowest BCUT2D eigenvalue weighted by Crippen LogP contribution is -2.32. The highest BCUT2D eigenvalue weighted by Gasteiger charge is 2.32. The average molecular weight is 543 g/mol. The van der Waals surface area contributed by atoms with Crippen LogP contribution in [0.3, 0.4) is 0 Å². The molecule has 0 unspecified atom stereocenters. The fourth-order valence-corrected chi connectivity index (χ4v) is 6.01. The summed E-state index contributed by atoms with van der Waals surface area (Å²) in [6.07, 6.45) is 3.58. The van der Waals surface area contributed by atoms with Gasteiger partial charge >= 0.3 is 0 Å². The summed E-state index contributed by atoms with van der Waals surface area (Å²) in [6.45, 7) is 0.872. The van der Waals surface area contributed by atoms with Crippen molar-refractivity contribution in [3.05, 3.63) is 70.7 Å². The molecule has 34 heavy (non-hydrogen) atoms. The molecule has 2 heterocycles. The molecule has 176 valence electrons. The molecule has 3 aromatic rings. The van der Waals surface area contributed by atoms with Gasteiger partial charge in [-0.25, -0.2) is 8.42 Å². The molecule has 0 aliphatic carbocycles. The van der Waals surface area contributed by atoms with Crippen LogP contribution in [0.2, 0.25) is 0 Å². The Morgan fingerprint density at radius 2 is 1.62 bits per heavy atom. The second-order valence-corrected chi connectivity index (χ2v) is 11.0. The molecule has 0 bridgehead atoms. The molecular weight excluding hydrogens is 520 g/mol. The van der Waals surface area contributed by atoms with Crippen molar-refractivity contribution in [1.29, 1.82) is 0 Å². The predicted octanol–water partition coefficient (Wildman–Crippen LogP) is 6.16. The minimum Gasteiger partial charge on any atom is -0.456 e. The molecule has 1 amide bonds. The van der Waals surface area contributed by atoms with Gasteiger partial charge in [0.15, 0.2) is 11.5 Å². The van der Waals surface area contributed by atoms with E-state index < -0.39 is 15.9 Å². The third-order valence-electron chi connectivity index (χ3n) is 5.87. The molecule has 9 heteroatoms. The number of halogens is 1. The lowest BCUT2D eigenvalue weighted by Gasteiger charge is -2.22. The Balaban J connectivity index is 1.64. The molecule has 0 atom stereocenters. The maximum Gasteiger partial charge on any atom is 0.259 e. The number of hydrogen-bond acceptors (Lipinski definition) is 5. The van der Waals surface area contributed by atoms with Gasteiger partial charge in [0.2, 0.25) is 10.0 Å². The molecule has 7 nitrogen and oxygen atoms in total. The summed E-state index contributed by atoms with van der Waals surface area (Å²) in [5, 5.41) is 2.80. The number of benzene rings is 3. The largest absolute Gasteiger partial charge is 0.456 e. The molecule has 1 saturated heterocycles. The zero-order chi connectivity index (χ0) is 23.7. The number of nitrogens with zero attached hydrogens (tertiary/aromatic N) is 1. The normalized spacial score (nSPS) is 16.3. The van der Waals surface area contributed by atoms with Crippen LogP contribution in [0.15, 0.2) is 70.0 Å². The molecule has 2 aliphatic heterocycles. The van der Waals surface area contributed by atoms with E-state index in [1.54, 1.807) is 36.4 Å². The molecule has 0 spiro atoms. The number of carbonyl (C=O) groups excluding carboxylic acids is 1. The number of hydrogen-bond donors (Lipinski definition) is 1. The van der Waals surface area contributed by atoms with Gasteiger partial charge in [-0.3, -0.25) is 4.79 Å². The zero-order valence-electron chi connectivity index (χ0n) is 18.3.